The van der Waals surface area contributed by atoms with Gasteiger partial charge in [-0.05, 0) is 12.1 Å². The minimum atomic E-state index is -1.43. The minimum Gasteiger partial charge on any atom is -0.449 e. The molecule has 19 heavy (non-hydrogen) atoms. The lowest BCUT2D eigenvalue weighted by Crippen LogP contribution is -2.02. The largest absolute Gasteiger partial charge is 0.511 e. The summed E-state index contributed by atoms with van der Waals surface area (Å²) in [5, 5.41) is 12.3. The molecule has 96 valence electrons. The summed E-state index contributed by atoms with van der Waals surface area (Å²) in [7, 11) is 0. The molecule has 1 aromatic carbocycles. The Hall–Kier alpha value is -2.90. The topological polar surface area (TPSA) is 93.0 Å². The van der Waals surface area contributed by atoms with E-state index in [0.29, 0.717) is 5.52 Å². The van der Waals surface area contributed by atoms with Gasteiger partial charge in [-0.1, -0.05) is 6.07 Å². The number of aromatic nitrogens is 4. The summed E-state index contributed by atoms with van der Waals surface area (Å²) in [6.07, 6.45) is 1.11. The van der Waals surface area contributed by atoms with Crippen molar-refractivity contribution in [2.45, 2.75) is 0 Å². The van der Waals surface area contributed by atoms with Gasteiger partial charge in [-0.15, -0.1) is 0 Å². The third-order valence-corrected chi connectivity index (χ3v) is 2.43. The quantitative estimate of drug-likeness (QED) is 0.688. The van der Waals surface area contributed by atoms with Crippen LogP contribution in [0.2, 0.25) is 0 Å². The van der Waals surface area contributed by atoms with Crippen LogP contribution < -0.4 is 4.74 Å². The lowest BCUT2D eigenvalue weighted by Gasteiger charge is -1.93. The first-order valence-electron chi connectivity index (χ1n) is 5.23. The lowest BCUT2D eigenvalue weighted by atomic mass is 10.3. The smallest absolute Gasteiger partial charge is 0.449 e. The highest BCUT2D eigenvalue weighted by Crippen LogP contribution is 2.18. The molecule has 0 unspecified atom stereocenters. The number of benzene rings is 1. The van der Waals surface area contributed by atoms with Crippen molar-refractivity contribution in [2.75, 3.05) is 0 Å². The lowest BCUT2D eigenvalue weighted by molar-refractivity contribution is 0.144. The first kappa shape index (κ1) is 11.2. The molecular weight excluding hydrogens is 255 g/mol. The Morgan fingerprint density at radius 1 is 1.47 bits per heavy atom. The van der Waals surface area contributed by atoms with E-state index in [1.165, 1.54) is 23.1 Å². The molecule has 0 aliphatic carbocycles. The zero-order valence-electron chi connectivity index (χ0n) is 9.37. The van der Waals surface area contributed by atoms with Crippen molar-refractivity contribution in [3.63, 3.8) is 0 Å². The first-order valence-corrected chi connectivity index (χ1v) is 5.23. The van der Waals surface area contributed by atoms with Crippen LogP contribution in [0.4, 0.5) is 9.18 Å². The van der Waals surface area contributed by atoms with Crippen LogP contribution in [0.15, 0.2) is 30.6 Å². The van der Waals surface area contributed by atoms with Crippen LogP contribution in [0.1, 0.15) is 0 Å². The number of nitrogens with one attached hydrogen (secondary N) is 1. The van der Waals surface area contributed by atoms with Gasteiger partial charge in [0.15, 0.2) is 11.6 Å². The van der Waals surface area contributed by atoms with Gasteiger partial charge >= 0.3 is 6.16 Å². The number of fused-ring (bicyclic) bond motifs is 1. The number of rotatable bonds is 2. The summed E-state index contributed by atoms with van der Waals surface area (Å²) in [4.78, 5) is 17.3. The van der Waals surface area contributed by atoms with E-state index in [9.17, 15) is 9.18 Å². The van der Waals surface area contributed by atoms with Crippen LogP contribution in [-0.2, 0) is 0 Å². The molecule has 0 atom stereocenters. The van der Waals surface area contributed by atoms with Gasteiger partial charge in [0.25, 0.3) is 0 Å². The molecule has 8 heteroatoms. The van der Waals surface area contributed by atoms with E-state index in [2.05, 4.69) is 19.8 Å². The van der Waals surface area contributed by atoms with Crippen LogP contribution in [0, 0.1) is 5.82 Å². The molecule has 0 radical (unpaired) electrons. The Kier molecular flexibility index (Phi) is 2.41. The van der Waals surface area contributed by atoms with Crippen molar-refractivity contribution in [3.8, 4) is 11.7 Å². The molecule has 7 nitrogen and oxygen atoms in total. The molecular formula is C11H7FN4O3. The van der Waals surface area contributed by atoms with Crippen LogP contribution in [0.25, 0.3) is 17.0 Å². The van der Waals surface area contributed by atoms with Crippen LogP contribution in [-0.4, -0.2) is 31.0 Å². The molecule has 0 aliphatic heterocycles. The molecule has 3 rings (SSSR count). The third kappa shape index (κ3) is 1.99. The number of halogens is 1. The summed E-state index contributed by atoms with van der Waals surface area (Å²) in [6, 6.07) is 4.53. The SMILES string of the molecule is O=C(O)Oc1cnn(-c2nc3c(F)cccc3[nH]2)c1. The summed E-state index contributed by atoms with van der Waals surface area (Å²) in [6.45, 7) is 0. The molecule has 0 amide bonds. The highest BCUT2D eigenvalue weighted by atomic mass is 19.1. The molecule has 0 fully saturated rings. The standard InChI is InChI=1S/C11H7FN4O3/c12-7-2-1-3-8-9(7)15-10(14-8)16-5-6(4-13-16)19-11(17)18/h1-5H,(H,14,15)(H,17,18). The zero-order valence-corrected chi connectivity index (χ0v) is 9.37. The number of hydrogen-bond acceptors (Lipinski definition) is 4. The summed E-state index contributed by atoms with van der Waals surface area (Å²) in [5.41, 5.74) is 0.708. The summed E-state index contributed by atoms with van der Waals surface area (Å²) < 4.78 is 19.2. The third-order valence-electron chi connectivity index (χ3n) is 2.43. The second-order valence-corrected chi connectivity index (χ2v) is 3.68. The number of carbonyl (C=O) groups is 1. The molecule has 0 saturated heterocycles. The fourth-order valence-electron chi connectivity index (χ4n) is 1.67. The van der Waals surface area contributed by atoms with Gasteiger partial charge in [-0.25, -0.2) is 18.9 Å². The van der Waals surface area contributed by atoms with Crippen molar-refractivity contribution in [2.24, 2.45) is 0 Å². The summed E-state index contributed by atoms with van der Waals surface area (Å²) in [5.74, 6) is -0.136. The Bertz CT molecular complexity index is 764. The molecule has 2 heterocycles. The van der Waals surface area contributed by atoms with Crippen LogP contribution in [0.5, 0.6) is 5.75 Å². The Labute approximate surface area is 105 Å². The highest BCUT2D eigenvalue weighted by Gasteiger charge is 2.11. The summed E-state index contributed by atoms with van der Waals surface area (Å²) >= 11 is 0. The van der Waals surface area contributed by atoms with Crippen molar-refractivity contribution in [1.29, 1.82) is 0 Å². The molecule has 3 aromatic rings. The van der Waals surface area contributed by atoms with E-state index in [0.717, 1.165) is 0 Å². The zero-order chi connectivity index (χ0) is 13.4. The van der Waals surface area contributed by atoms with Crippen LogP contribution in [0.3, 0.4) is 0 Å². The first-order chi connectivity index (χ1) is 9.13. The van der Waals surface area contributed by atoms with Gasteiger partial charge in [-0.3, -0.25) is 0 Å². The number of carboxylic acid groups (broad SMARTS) is 1. The number of ether oxygens (including phenoxy) is 1. The Balaban J connectivity index is 2.02. The number of imidazole rings is 1. The minimum absolute atomic E-state index is 0.0495. The normalized spacial score (nSPS) is 10.8. The molecule has 0 saturated carbocycles. The number of H-pyrrole nitrogens is 1. The molecule has 0 bridgehead atoms. The van der Waals surface area contributed by atoms with E-state index < -0.39 is 12.0 Å². The van der Waals surface area contributed by atoms with Crippen molar-refractivity contribution < 1.29 is 19.0 Å². The van der Waals surface area contributed by atoms with Gasteiger partial charge in [0.2, 0.25) is 5.95 Å². The molecule has 2 aromatic heterocycles. The van der Waals surface area contributed by atoms with Crippen molar-refractivity contribution in [3.05, 3.63) is 36.4 Å². The van der Waals surface area contributed by atoms with E-state index in [4.69, 9.17) is 5.11 Å². The van der Waals surface area contributed by atoms with E-state index in [1.54, 1.807) is 12.1 Å². The van der Waals surface area contributed by atoms with E-state index in [-0.39, 0.29) is 17.2 Å². The van der Waals surface area contributed by atoms with Crippen molar-refractivity contribution >= 4 is 17.2 Å². The number of hydrogen-bond donors (Lipinski definition) is 2. The number of aromatic amines is 1. The van der Waals surface area contributed by atoms with Gasteiger partial charge < -0.3 is 14.8 Å². The predicted molar refractivity (Wildman–Crippen MR) is 61.8 cm³/mol. The van der Waals surface area contributed by atoms with Gasteiger partial charge in [0.1, 0.15) is 5.52 Å². The number of para-hydroxylation sites is 1. The van der Waals surface area contributed by atoms with E-state index >= 15 is 0 Å². The monoisotopic (exact) mass is 262 g/mol. The molecule has 0 aliphatic rings. The average Bonchev–Trinajstić information content (AvgIpc) is 2.94. The maximum Gasteiger partial charge on any atom is 0.511 e. The van der Waals surface area contributed by atoms with Gasteiger partial charge in [-0.2, -0.15) is 5.10 Å². The van der Waals surface area contributed by atoms with Gasteiger partial charge in [0.05, 0.1) is 17.9 Å². The Morgan fingerprint density at radius 3 is 3.05 bits per heavy atom. The maximum atomic E-state index is 13.5. The fourth-order valence-corrected chi connectivity index (χ4v) is 1.67. The van der Waals surface area contributed by atoms with Gasteiger partial charge in [0, 0.05) is 0 Å². The predicted octanol–water partition coefficient (Wildman–Crippen LogP) is 1.94. The molecule has 0 spiro atoms. The fraction of sp³-hybridized carbons (Fsp3) is 0. The second kappa shape index (κ2) is 4.09. The highest BCUT2D eigenvalue weighted by molar-refractivity contribution is 5.76. The second-order valence-electron chi connectivity index (χ2n) is 3.68. The van der Waals surface area contributed by atoms with Crippen molar-refractivity contribution in [1.82, 2.24) is 19.7 Å². The van der Waals surface area contributed by atoms with E-state index in [1.807, 2.05) is 0 Å². The Morgan fingerprint density at radius 2 is 2.32 bits per heavy atom. The number of nitrogens with zero attached hydrogens (tertiary/aromatic N) is 3. The average molecular weight is 262 g/mol. The molecule has 2 N–H and O–H groups in total. The van der Waals surface area contributed by atoms with Crippen LogP contribution >= 0.6 is 0 Å². The maximum absolute atomic E-state index is 13.5.